The number of aromatic nitrogens is 1. The van der Waals surface area contributed by atoms with E-state index in [1.807, 2.05) is 12.1 Å². The number of carbonyl (C=O) groups is 1. The first-order valence-electron chi connectivity index (χ1n) is 10.8. The monoisotopic (exact) mass is 371 g/mol. The van der Waals surface area contributed by atoms with Gasteiger partial charge in [0.1, 0.15) is 6.61 Å². The van der Waals surface area contributed by atoms with Crippen LogP contribution >= 0.6 is 0 Å². The molecule has 0 aromatic carbocycles. The Morgan fingerprint density at radius 3 is 2.33 bits per heavy atom. The Kier molecular flexibility index (Phi) is 15.1. The summed E-state index contributed by atoms with van der Waals surface area (Å²) in [5.41, 5.74) is 4.22. The van der Waals surface area contributed by atoms with E-state index in [9.17, 15) is 4.79 Å². The Balaban J connectivity index is 1.83. The number of ether oxygens (including phenoxy) is 1. The van der Waals surface area contributed by atoms with E-state index in [0.29, 0.717) is 13.0 Å². The molecular formula is C24H37NO2. The Bertz CT molecular complexity index is 533. The minimum absolute atomic E-state index is 0.101. The second kappa shape index (κ2) is 17.5. The highest BCUT2D eigenvalue weighted by Crippen LogP contribution is 2.11. The van der Waals surface area contributed by atoms with Gasteiger partial charge in [0.25, 0.3) is 0 Å². The predicted octanol–water partition coefficient (Wildman–Crippen LogP) is 6.93. The highest BCUT2D eigenvalue weighted by Gasteiger charge is 2.03. The van der Waals surface area contributed by atoms with Crippen molar-refractivity contribution < 1.29 is 9.53 Å². The van der Waals surface area contributed by atoms with Gasteiger partial charge in [-0.15, -0.1) is 5.73 Å². The van der Waals surface area contributed by atoms with Crippen molar-refractivity contribution in [2.75, 3.05) is 0 Å². The summed E-state index contributed by atoms with van der Waals surface area (Å²) in [4.78, 5) is 15.7. The molecule has 150 valence electrons. The number of pyridine rings is 1. The fraction of sp³-hybridized carbons (Fsp3) is 0.625. The molecule has 0 saturated carbocycles. The van der Waals surface area contributed by atoms with Gasteiger partial charge in [0, 0.05) is 24.4 Å². The number of unbranched alkanes of at least 4 members (excludes halogenated alkanes) is 10. The van der Waals surface area contributed by atoms with E-state index in [4.69, 9.17) is 4.74 Å². The maximum atomic E-state index is 11.7. The average molecular weight is 372 g/mol. The summed E-state index contributed by atoms with van der Waals surface area (Å²) in [7, 11) is 0. The molecule has 1 rings (SSSR count). The first-order valence-corrected chi connectivity index (χ1v) is 10.8. The summed E-state index contributed by atoms with van der Waals surface area (Å²) in [6.07, 6.45) is 22.9. The minimum Gasteiger partial charge on any atom is -0.461 e. The molecule has 3 nitrogen and oxygen atoms in total. The summed E-state index contributed by atoms with van der Waals surface area (Å²) in [6.45, 7) is 2.55. The predicted molar refractivity (Wildman–Crippen MR) is 112 cm³/mol. The van der Waals surface area contributed by atoms with Gasteiger partial charge in [-0.05, 0) is 50.3 Å². The van der Waals surface area contributed by atoms with Crippen molar-refractivity contribution in [3.05, 3.63) is 48.0 Å². The van der Waals surface area contributed by atoms with Gasteiger partial charge in [0.2, 0.25) is 0 Å². The maximum absolute atomic E-state index is 11.7. The van der Waals surface area contributed by atoms with E-state index in [1.165, 1.54) is 51.4 Å². The van der Waals surface area contributed by atoms with Crippen LogP contribution in [0.15, 0.2) is 42.4 Å². The normalized spacial score (nSPS) is 10.3. The Morgan fingerprint density at radius 2 is 1.67 bits per heavy atom. The summed E-state index contributed by atoms with van der Waals surface area (Å²) in [6, 6.07) is 3.77. The third kappa shape index (κ3) is 14.9. The third-order valence-electron chi connectivity index (χ3n) is 4.54. The van der Waals surface area contributed by atoms with Crippen LogP contribution < -0.4 is 0 Å². The molecule has 0 aliphatic rings. The molecule has 1 heterocycles. The molecule has 0 aliphatic carbocycles. The van der Waals surface area contributed by atoms with Crippen molar-refractivity contribution in [2.24, 2.45) is 0 Å². The van der Waals surface area contributed by atoms with Gasteiger partial charge in [0.15, 0.2) is 0 Å². The summed E-state index contributed by atoms with van der Waals surface area (Å²) < 4.78 is 5.26. The quantitative estimate of drug-likeness (QED) is 0.180. The zero-order valence-electron chi connectivity index (χ0n) is 17.1. The number of esters is 1. The van der Waals surface area contributed by atoms with Gasteiger partial charge in [-0.2, -0.15) is 0 Å². The van der Waals surface area contributed by atoms with Crippen LogP contribution in [0.2, 0.25) is 0 Å². The number of hydrogen-bond donors (Lipinski definition) is 0. The van der Waals surface area contributed by atoms with Crippen molar-refractivity contribution >= 4 is 5.97 Å². The number of allylic oxidation sites excluding steroid dienone is 1. The van der Waals surface area contributed by atoms with Crippen LogP contribution in [-0.4, -0.2) is 11.0 Å². The molecule has 0 saturated heterocycles. The first-order chi connectivity index (χ1) is 13.3. The highest BCUT2D eigenvalue weighted by atomic mass is 16.5. The largest absolute Gasteiger partial charge is 0.461 e. The average Bonchev–Trinajstić information content (AvgIpc) is 2.70. The molecule has 1 aromatic rings. The van der Waals surface area contributed by atoms with Gasteiger partial charge in [-0.25, -0.2) is 0 Å². The lowest BCUT2D eigenvalue weighted by atomic mass is 10.1. The number of rotatable bonds is 16. The lowest BCUT2D eigenvalue weighted by Gasteiger charge is -2.05. The van der Waals surface area contributed by atoms with Crippen LogP contribution in [0.3, 0.4) is 0 Å². The van der Waals surface area contributed by atoms with Gasteiger partial charge in [-0.1, -0.05) is 57.9 Å². The molecule has 1 aromatic heterocycles. The Labute approximate surface area is 165 Å². The van der Waals surface area contributed by atoms with Crippen molar-refractivity contribution in [3.8, 4) is 0 Å². The van der Waals surface area contributed by atoms with Crippen molar-refractivity contribution in [3.63, 3.8) is 0 Å². The second-order valence-corrected chi connectivity index (χ2v) is 7.11. The van der Waals surface area contributed by atoms with Gasteiger partial charge >= 0.3 is 5.97 Å². The molecular weight excluding hydrogens is 334 g/mol. The lowest BCUT2D eigenvalue weighted by molar-refractivity contribution is -0.145. The van der Waals surface area contributed by atoms with Crippen LogP contribution in [0.1, 0.15) is 96.0 Å². The molecule has 0 amide bonds. The minimum atomic E-state index is -0.101. The smallest absolute Gasteiger partial charge is 0.306 e. The van der Waals surface area contributed by atoms with E-state index in [1.54, 1.807) is 12.4 Å². The molecule has 0 spiro atoms. The highest BCUT2D eigenvalue weighted by molar-refractivity contribution is 5.69. The Hall–Kier alpha value is -1.86. The second-order valence-electron chi connectivity index (χ2n) is 7.11. The summed E-state index contributed by atoms with van der Waals surface area (Å²) >= 11 is 0. The maximum Gasteiger partial charge on any atom is 0.306 e. The number of nitrogens with zero attached hydrogens (tertiary/aromatic N) is 1. The molecule has 0 aliphatic heterocycles. The van der Waals surface area contributed by atoms with E-state index >= 15 is 0 Å². The zero-order chi connectivity index (χ0) is 19.4. The van der Waals surface area contributed by atoms with Crippen LogP contribution in [0, 0.1) is 0 Å². The van der Waals surface area contributed by atoms with E-state index in [-0.39, 0.29) is 5.97 Å². The van der Waals surface area contributed by atoms with Crippen molar-refractivity contribution in [1.29, 1.82) is 0 Å². The first kappa shape index (κ1) is 23.2. The molecule has 3 heteroatoms. The number of carbonyl (C=O) groups excluding carboxylic acids is 1. The standard InChI is InChI=1S/C24H37NO2/c1-2-3-4-5-6-7-8-9-10-11-12-13-14-15-16-19-24(26)27-22-23-18-17-20-25-21-23/h5,7,17-18,20-21H,2-4,8-16,19,22H2,1H3. The van der Waals surface area contributed by atoms with Crippen molar-refractivity contribution in [2.45, 2.75) is 97.0 Å². The summed E-state index contributed by atoms with van der Waals surface area (Å²) in [5.74, 6) is -0.101. The summed E-state index contributed by atoms with van der Waals surface area (Å²) in [5, 5.41) is 0. The molecule has 0 atom stereocenters. The van der Waals surface area contributed by atoms with Gasteiger partial charge in [0.05, 0.1) is 0 Å². The van der Waals surface area contributed by atoms with Gasteiger partial charge in [-0.3, -0.25) is 9.78 Å². The van der Waals surface area contributed by atoms with Crippen LogP contribution in [0.5, 0.6) is 0 Å². The van der Waals surface area contributed by atoms with Crippen LogP contribution in [0.4, 0.5) is 0 Å². The van der Waals surface area contributed by atoms with E-state index in [0.717, 1.165) is 31.2 Å². The molecule has 0 bridgehead atoms. The number of hydrogen-bond acceptors (Lipinski definition) is 3. The SMILES string of the molecule is CCCCC=C=CCCCCCCCCCCC(=O)OCc1cccnc1. The molecule has 0 fully saturated rings. The van der Waals surface area contributed by atoms with Crippen LogP contribution in [-0.2, 0) is 16.1 Å². The van der Waals surface area contributed by atoms with E-state index in [2.05, 4.69) is 29.8 Å². The fourth-order valence-electron chi connectivity index (χ4n) is 2.85. The molecule has 0 N–H and O–H groups in total. The molecule has 27 heavy (non-hydrogen) atoms. The molecule has 0 unspecified atom stereocenters. The van der Waals surface area contributed by atoms with Crippen molar-refractivity contribution in [1.82, 2.24) is 4.98 Å². The van der Waals surface area contributed by atoms with Gasteiger partial charge < -0.3 is 4.74 Å². The fourth-order valence-corrected chi connectivity index (χ4v) is 2.85. The lowest BCUT2D eigenvalue weighted by Crippen LogP contribution is -2.04. The van der Waals surface area contributed by atoms with Crippen LogP contribution in [0.25, 0.3) is 0 Å². The third-order valence-corrected chi connectivity index (χ3v) is 4.54. The zero-order valence-corrected chi connectivity index (χ0v) is 17.1. The Morgan fingerprint density at radius 1 is 1.00 bits per heavy atom. The van der Waals surface area contributed by atoms with E-state index < -0.39 is 0 Å². The topological polar surface area (TPSA) is 39.2 Å². The molecule has 0 radical (unpaired) electrons.